The van der Waals surface area contributed by atoms with Crippen LogP contribution in [0.25, 0.3) is 0 Å². The zero-order chi connectivity index (χ0) is 15.5. The normalized spacial score (nSPS) is 12.9. The third kappa shape index (κ3) is 3.29. The largest absolute Gasteiger partial charge is 0.468 e. The number of hydrogen-bond donors (Lipinski definition) is 2. The van der Waals surface area contributed by atoms with E-state index in [1.807, 2.05) is 0 Å². The molecular weight excluding hydrogens is 294 g/mol. The van der Waals surface area contributed by atoms with Gasteiger partial charge >= 0.3 is 5.97 Å². The Labute approximate surface area is 122 Å². The molecule has 1 aromatic heterocycles. The third-order valence-electron chi connectivity index (χ3n) is 2.92. The standard InChI is InChI=1S/C13H15N3O4S/c1-9-11(8-14-15-9)21(18,19)16-12(13(17)20-2)10-6-4-3-5-7-10/h3-8,12,16H,1-2H3,(H,14,15). The molecule has 1 unspecified atom stereocenters. The Hall–Kier alpha value is -2.19. The summed E-state index contributed by atoms with van der Waals surface area (Å²) < 4.78 is 31.7. The molecule has 0 saturated heterocycles. The first-order chi connectivity index (χ1) is 9.95. The van der Waals surface area contributed by atoms with Crippen molar-refractivity contribution in [3.05, 3.63) is 47.8 Å². The summed E-state index contributed by atoms with van der Waals surface area (Å²) in [5, 5.41) is 6.22. The van der Waals surface area contributed by atoms with E-state index < -0.39 is 22.0 Å². The van der Waals surface area contributed by atoms with Crippen LogP contribution in [-0.4, -0.2) is 31.7 Å². The molecule has 112 valence electrons. The fourth-order valence-electron chi connectivity index (χ4n) is 1.84. The lowest BCUT2D eigenvalue weighted by atomic mass is 10.1. The van der Waals surface area contributed by atoms with Gasteiger partial charge in [-0.05, 0) is 12.5 Å². The first kappa shape index (κ1) is 15.2. The van der Waals surface area contributed by atoms with Gasteiger partial charge in [0.2, 0.25) is 10.0 Å². The number of carbonyl (C=O) groups is 1. The van der Waals surface area contributed by atoms with Crippen molar-refractivity contribution in [2.24, 2.45) is 0 Å². The zero-order valence-electron chi connectivity index (χ0n) is 11.5. The fourth-order valence-corrected chi connectivity index (χ4v) is 3.15. The number of nitrogens with one attached hydrogen (secondary N) is 2. The van der Waals surface area contributed by atoms with E-state index >= 15 is 0 Å². The number of ether oxygens (including phenoxy) is 1. The topological polar surface area (TPSA) is 101 Å². The number of methoxy groups -OCH3 is 1. The molecule has 0 amide bonds. The van der Waals surface area contributed by atoms with Gasteiger partial charge in [-0.3, -0.25) is 5.10 Å². The molecule has 0 aliphatic rings. The number of aromatic nitrogens is 2. The van der Waals surface area contributed by atoms with Crippen LogP contribution < -0.4 is 4.72 Å². The van der Waals surface area contributed by atoms with Crippen LogP contribution in [0.4, 0.5) is 0 Å². The maximum Gasteiger partial charge on any atom is 0.328 e. The smallest absolute Gasteiger partial charge is 0.328 e. The first-order valence-corrected chi connectivity index (χ1v) is 7.59. The molecule has 21 heavy (non-hydrogen) atoms. The van der Waals surface area contributed by atoms with E-state index in [1.165, 1.54) is 13.3 Å². The van der Waals surface area contributed by atoms with Gasteiger partial charge < -0.3 is 4.74 Å². The highest BCUT2D eigenvalue weighted by atomic mass is 32.2. The molecule has 2 rings (SSSR count). The van der Waals surface area contributed by atoms with Crippen LogP contribution in [0.1, 0.15) is 17.3 Å². The Kier molecular flexibility index (Phi) is 4.39. The highest BCUT2D eigenvalue weighted by Crippen LogP contribution is 2.19. The van der Waals surface area contributed by atoms with Gasteiger partial charge in [0.25, 0.3) is 0 Å². The zero-order valence-corrected chi connectivity index (χ0v) is 12.3. The van der Waals surface area contributed by atoms with Crippen molar-refractivity contribution in [1.82, 2.24) is 14.9 Å². The number of sulfonamides is 1. The summed E-state index contributed by atoms with van der Waals surface area (Å²) in [6, 6.07) is 7.37. The summed E-state index contributed by atoms with van der Waals surface area (Å²) in [7, 11) is -2.69. The van der Waals surface area contributed by atoms with Gasteiger partial charge in [0.05, 0.1) is 19.0 Å². The van der Waals surface area contributed by atoms with E-state index in [2.05, 4.69) is 19.7 Å². The second-order valence-corrected chi connectivity index (χ2v) is 6.03. The van der Waals surface area contributed by atoms with Crippen molar-refractivity contribution < 1.29 is 17.9 Å². The molecular formula is C13H15N3O4S. The highest BCUT2D eigenvalue weighted by molar-refractivity contribution is 7.89. The summed E-state index contributed by atoms with van der Waals surface area (Å²) in [6.07, 6.45) is 1.19. The third-order valence-corrected chi connectivity index (χ3v) is 4.45. The van der Waals surface area contributed by atoms with E-state index in [9.17, 15) is 13.2 Å². The lowest BCUT2D eigenvalue weighted by Crippen LogP contribution is -2.34. The van der Waals surface area contributed by atoms with Crippen molar-refractivity contribution in [3.63, 3.8) is 0 Å². The van der Waals surface area contributed by atoms with Crippen LogP contribution in [0.5, 0.6) is 0 Å². The molecule has 0 aliphatic carbocycles. The molecule has 8 heteroatoms. The molecule has 0 bridgehead atoms. The van der Waals surface area contributed by atoms with Gasteiger partial charge in [0.15, 0.2) is 0 Å². The number of esters is 1. The maximum atomic E-state index is 12.3. The number of hydrogen-bond acceptors (Lipinski definition) is 5. The molecule has 7 nitrogen and oxygen atoms in total. The van der Waals surface area contributed by atoms with Crippen molar-refractivity contribution in [2.45, 2.75) is 17.9 Å². The number of benzene rings is 1. The molecule has 2 aromatic rings. The van der Waals surface area contributed by atoms with Crippen molar-refractivity contribution in [2.75, 3.05) is 7.11 Å². The average Bonchev–Trinajstić information content (AvgIpc) is 2.92. The number of rotatable bonds is 5. The predicted octanol–water partition coefficient (Wildman–Crippen LogP) is 0.911. The number of nitrogens with zero attached hydrogens (tertiary/aromatic N) is 1. The molecule has 0 fully saturated rings. The van der Waals surface area contributed by atoms with Crippen LogP contribution in [0.15, 0.2) is 41.4 Å². The van der Waals surface area contributed by atoms with Crippen LogP contribution in [0.2, 0.25) is 0 Å². The molecule has 1 aromatic carbocycles. The number of aryl methyl sites for hydroxylation is 1. The average molecular weight is 309 g/mol. The predicted molar refractivity (Wildman–Crippen MR) is 74.8 cm³/mol. The summed E-state index contributed by atoms with van der Waals surface area (Å²) >= 11 is 0. The second kappa shape index (κ2) is 6.06. The van der Waals surface area contributed by atoms with E-state index in [0.29, 0.717) is 11.3 Å². The fraction of sp³-hybridized carbons (Fsp3) is 0.231. The minimum atomic E-state index is -3.89. The Balaban J connectivity index is 2.36. The van der Waals surface area contributed by atoms with Gasteiger partial charge in [-0.1, -0.05) is 30.3 Å². The molecule has 1 heterocycles. The van der Waals surface area contributed by atoms with Crippen LogP contribution in [0.3, 0.4) is 0 Å². The van der Waals surface area contributed by atoms with Crippen LogP contribution in [0, 0.1) is 6.92 Å². The highest BCUT2D eigenvalue weighted by Gasteiger charge is 2.29. The summed E-state index contributed by atoms with van der Waals surface area (Å²) in [6.45, 7) is 1.58. The Morgan fingerprint density at radius 3 is 2.52 bits per heavy atom. The number of aromatic amines is 1. The lowest BCUT2D eigenvalue weighted by Gasteiger charge is -2.16. The quantitative estimate of drug-likeness (QED) is 0.799. The van der Waals surface area contributed by atoms with E-state index in [4.69, 9.17) is 0 Å². The van der Waals surface area contributed by atoms with Gasteiger partial charge in [-0.15, -0.1) is 0 Å². The van der Waals surface area contributed by atoms with Crippen LogP contribution in [-0.2, 0) is 19.6 Å². The maximum absolute atomic E-state index is 12.3. The molecule has 2 N–H and O–H groups in total. The lowest BCUT2D eigenvalue weighted by molar-refractivity contribution is -0.142. The van der Waals surface area contributed by atoms with Crippen LogP contribution >= 0.6 is 0 Å². The van der Waals surface area contributed by atoms with E-state index in [-0.39, 0.29) is 4.90 Å². The van der Waals surface area contributed by atoms with Crippen molar-refractivity contribution in [3.8, 4) is 0 Å². The summed E-state index contributed by atoms with van der Waals surface area (Å²) in [5.41, 5.74) is 0.883. The molecule has 0 saturated carbocycles. The molecule has 0 spiro atoms. The molecule has 1 atom stereocenters. The van der Waals surface area contributed by atoms with Gasteiger partial charge in [0, 0.05) is 0 Å². The monoisotopic (exact) mass is 309 g/mol. The van der Waals surface area contributed by atoms with E-state index in [0.717, 1.165) is 0 Å². The second-order valence-electron chi connectivity index (χ2n) is 4.35. The molecule has 0 aliphatic heterocycles. The Morgan fingerprint density at radius 1 is 1.33 bits per heavy atom. The minimum absolute atomic E-state index is 0.00710. The number of H-pyrrole nitrogens is 1. The number of carbonyl (C=O) groups excluding carboxylic acids is 1. The van der Waals surface area contributed by atoms with Crippen molar-refractivity contribution in [1.29, 1.82) is 0 Å². The SMILES string of the molecule is COC(=O)C(NS(=O)(=O)c1cn[nH]c1C)c1ccccc1. The summed E-state index contributed by atoms with van der Waals surface area (Å²) in [4.78, 5) is 11.9. The van der Waals surface area contributed by atoms with Gasteiger partial charge in [-0.25, -0.2) is 13.2 Å². The van der Waals surface area contributed by atoms with Gasteiger partial charge in [-0.2, -0.15) is 9.82 Å². The van der Waals surface area contributed by atoms with Gasteiger partial charge in [0.1, 0.15) is 10.9 Å². The first-order valence-electron chi connectivity index (χ1n) is 6.11. The van der Waals surface area contributed by atoms with Crippen molar-refractivity contribution >= 4 is 16.0 Å². The minimum Gasteiger partial charge on any atom is -0.468 e. The Bertz CT molecular complexity index is 725. The molecule has 0 radical (unpaired) electrons. The van der Waals surface area contributed by atoms with E-state index in [1.54, 1.807) is 37.3 Å². The Morgan fingerprint density at radius 2 is 2.00 bits per heavy atom. The summed E-state index contributed by atoms with van der Waals surface area (Å²) in [5.74, 6) is -0.689.